The number of nitrogens with zero attached hydrogens (tertiary/aromatic N) is 2. The third-order valence-corrected chi connectivity index (χ3v) is 3.65. The molecule has 0 saturated heterocycles. The fraction of sp³-hybridized carbons (Fsp3) is 0.263. The van der Waals surface area contributed by atoms with E-state index < -0.39 is 0 Å². The Kier molecular flexibility index (Phi) is 4.79. The molecule has 5 nitrogen and oxygen atoms in total. The zero-order chi connectivity index (χ0) is 16.9. The van der Waals surface area contributed by atoms with Gasteiger partial charge in [0.2, 0.25) is 0 Å². The minimum atomic E-state index is -0.185. The Bertz CT molecular complexity index is 825. The van der Waals surface area contributed by atoms with Gasteiger partial charge in [-0.1, -0.05) is 36.4 Å². The maximum atomic E-state index is 12.4. The highest BCUT2D eigenvalue weighted by molar-refractivity contribution is 5.91. The molecule has 0 atom stereocenters. The van der Waals surface area contributed by atoms with Crippen LogP contribution in [0.5, 0.6) is 5.75 Å². The van der Waals surface area contributed by atoms with E-state index in [4.69, 9.17) is 4.74 Å². The molecule has 5 heteroatoms. The molecule has 0 spiro atoms. The Labute approximate surface area is 141 Å². The van der Waals surface area contributed by atoms with E-state index >= 15 is 0 Å². The van der Waals surface area contributed by atoms with Crippen LogP contribution in [0.25, 0.3) is 11.0 Å². The number of hydrogen-bond donors (Lipinski definition) is 1. The van der Waals surface area contributed by atoms with Gasteiger partial charge in [-0.05, 0) is 38.0 Å². The average molecular weight is 323 g/mol. The van der Waals surface area contributed by atoms with Crippen molar-refractivity contribution in [2.45, 2.75) is 26.4 Å². The summed E-state index contributed by atoms with van der Waals surface area (Å²) in [5, 5.41) is 2.93. The maximum Gasteiger partial charge on any atom is 0.327 e. The Hall–Kier alpha value is -2.82. The summed E-state index contributed by atoms with van der Waals surface area (Å²) >= 11 is 0. The van der Waals surface area contributed by atoms with Crippen LogP contribution in [0.4, 0.5) is 4.79 Å². The van der Waals surface area contributed by atoms with E-state index in [2.05, 4.69) is 10.3 Å². The van der Waals surface area contributed by atoms with E-state index in [-0.39, 0.29) is 12.1 Å². The minimum Gasteiger partial charge on any atom is -0.489 e. The molecule has 0 aliphatic rings. The molecule has 1 aromatic heterocycles. The summed E-state index contributed by atoms with van der Waals surface area (Å²) < 4.78 is 7.27. The molecule has 0 aliphatic carbocycles. The van der Waals surface area contributed by atoms with E-state index in [0.29, 0.717) is 17.8 Å². The normalized spacial score (nSPS) is 11.0. The second-order valence-electron chi connectivity index (χ2n) is 5.87. The van der Waals surface area contributed by atoms with Crippen molar-refractivity contribution >= 4 is 17.1 Å². The van der Waals surface area contributed by atoms with Crippen LogP contribution in [-0.2, 0) is 6.42 Å². The molecule has 3 aromatic rings. The average Bonchev–Trinajstić information content (AvgIpc) is 3.00. The summed E-state index contributed by atoms with van der Waals surface area (Å²) in [6, 6.07) is 15.5. The molecular formula is C19H21N3O2. The van der Waals surface area contributed by atoms with E-state index in [1.807, 2.05) is 62.4 Å². The van der Waals surface area contributed by atoms with Crippen LogP contribution in [0.1, 0.15) is 19.4 Å². The molecule has 1 heterocycles. The summed E-state index contributed by atoms with van der Waals surface area (Å²) in [4.78, 5) is 16.8. The molecule has 0 bridgehead atoms. The first kappa shape index (κ1) is 16.1. The highest BCUT2D eigenvalue weighted by Crippen LogP contribution is 2.24. The lowest BCUT2D eigenvalue weighted by Crippen LogP contribution is -2.29. The number of para-hydroxylation sites is 1. The lowest BCUT2D eigenvalue weighted by molar-refractivity contribution is 0.243. The summed E-state index contributed by atoms with van der Waals surface area (Å²) in [6.45, 7) is 4.50. The quantitative estimate of drug-likeness (QED) is 0.780. The molecule has 0 radical (unpaired) electrons. The van der Waals surface area contributed by atoms with Gasteiger partial charge < -0.3 is 10.1 Å². The van der Waals surface area contributed by atoms with Gasteiger partial charge in [-0.25, -0.2) is 9.78 Å². The van der Waals surface area contributed by atoms with Gasteiger partial charge in [-0.3, -0.25) is 4.57 Å². The molecule has 24 heavy (non-hydrogen) atoms. The van der Waals surface area contributed by atoms with Crippen molar-refractivity contribution < 1.29 is 9.53 Å². The molecule has 1 N–H and O–H groups in total. The predicted molar refractivity (Wildman–Crippen MR) is 94.4 cm³/mol. The first-order valence-corrected chi connectivity index (χ1v) is 8.10. The fourth-order valence-corrected chi connectivity index (χ4v) is 2.57. The smallest absolute Gasteiger partial charge is 0.327 e. The van der Waals surface area contributed by atoms with Crippen molar-refractivity contribution in [3.8, 4) is 5.75 Å². The number of amides is 1. The fourth-order valence-electron chi connectivity index (χ4n) is 2.57. The highest BCUT2D eigenvalue weighted by atomic mass is 16.5. The number of carbonyl (C=O) groups is 1. The van der Waals surface area contributed by atoms with E-state index in [0.717, 1.165) is 11.9 Å². The Morgan fingerprint density at radius 1 is 1.17 bits per heavy atom. The third-order valence-electron chi connectivity index (χ3n) is 3.65. The molecular weight excluding hydrogens is 302 g/mol. The second-order valence-corrected chi connectivity index (χ2v) is 5.87. The van der Waals surface area contributed by atoms with Crippen LogP contribution in [0.3, 0.4) is 0 Å². The second kappa shape index (κ2) is 7.17. The summed E-state index contributed by atoms with van der Waals surface area (Å²) in [6.07, 6.45) is 2.39. The number of benzene rings is 2. The number of imidazole rings is 1. The minimum absolute atomic E-state index is 0.0560. The zero-order valence-electron chi connectivity index (χ0n) is 13.9. The molecule has 0 unspecified atom stereocenters. The number of rotatable bonds is 5. The van der Waals surface area contributed by atoms with Crippen molar-refractivity contribution in [2.75, 3.05) is 6.54 Å². The van der Waals surface area contributed by atoms with Crippen molar-refractivity contribution in [1.82, 2.24) is 14.9 Å². The number of fused-ring (bicyclic) bond motifs is 1. The standard InChI is InChI=1S/C19H21N3O2/c1-14(2)24-17-10-6-9-16-18(17)21-13-22(16)19(23)20-12-11-15-7-4-3-5-8-15/h3-10,13-14H,11-12H2,1-2H3,(H,20,23). The van der Waals surface area contributed by atoms with Gasteiger partial charge in [-0.15, -0.1) is 0 Å². The summed E-state index contributed by atoms with van der Waals surface area (Å²) in [5.41, 5.74) is 2.63. The van der Waals surface area contributed by atoms with Crippen LogP contribution < -0.4 is 10.1 Å². The van der Waals surface area contributed by atoms with Gasteiger partial charge in [0.05, 0.1) is 11.6 Å². The number of carbonyl (C=O) groups excluding carboxylic acids is 1. The van der Waals surface area contributed by atoms with E-state index in [1.54, 1.807) is 0 Å². The third kappa shape index (κ3) is 3.56. The molecule has 1 amide bonds. The topological polar surface area (TPSA) is 56.2 Å². The van der Waals surface area contributed by atoms with Crippen LogP contribution in [0.15, 0.2) is 54.9 Å². The molecule has 2 aromatic carbocycles. The number of aromatic nitrogens is 2. The SMILES string of the molecule is CC(C)Oc1cccc2c1ncn2C(=O)NCCc1ccccc1. The Morgan fingerprint density at radius 3 is 2.71 bits per heavy atom. The van der Waals surface area contributed by atoms with Gasteiger partial charge in [0, 0.05) is 6.54 Å². The largest absolute Gasteiger partial charge is 0.489 e. The highest BCUT2D eigenvalue weighted by Gasteiger charge is 2.13. The Balaban J connectivity index is 1.71. The monoisotopic (exact) mass is 323 g/mol. The van der Waals surface area contributed by atoms with Crippen LogP contribution >= 0.6 is 0 Å². The molecule has 124 valence electrons. The van der Waals surface area contributed by atoms with Gasteiger partial charge in [0.1, 0.15) is 17.6 Å². The van der Waals surface area contributed by atoms with Crippen LogP contribution in [0.2, 0.25) is 0 Å². The van der Waals surface area contributed by atoms with E-state index in [1.165, 1.54) is 16.5 Å². The van der Waals surface area contributed by atoms with Crippen molar-refractivity contribution in [1.29, 1.82) is 0 Å². The summed E-state index contributed by atoms with van der Waals surface area (Å²) in [7, 11) is 0. The maximum absolute atomic E-state index is 12.4. The van der Waals surface area contributed by atoms with E-state index in [9.17, 15) is 4.79 Å². The lowest BCUT2D eigenvalue weighted by Gasteiger charge is -2.10. The van der Waals surface area contributed by atoms with Crippen LogP contribution in [-0.4, -0.2) is 28.2 Å². The number of hydrogen-bond acceptors (Lipinski definition) is 3. The zero-order valence-corrected chi connectivity index (χ0v) is 13.9. The lowest BCUT2D eigenvalue weighted by atomic mass is 10.1. The van der Waals surface area contributed by atoms with Gasteiger partial charge in [-0.2, -0.15) is 0 Å². The van der Waals surface area contributed by atoms with Crippen molar-refractivity contribution in [3.63, 3.8) is 0 Å². The molecule has 0 saturated carbocycles. The Morgan fingerprint density at radius 2 is 1.96 bits per heavy atom. The predicted octanol–water partition coefficient (Wildman–Crippen LogP) is 3.62. The van der Waals surface area contributed by atoms with Gasteiger partial charge >= 0.3 is 6.03 Å². The van der Waals surface area contributed by atoms with Gasteiger partial charge in [0.25, 0.3) is 0 Å². The first-order valence-electron chi connectivity index (χ1n) is 8.10. The summed E-state index contributed by atoms with van der Waals surface area (Å²) in [5.74, 6) is 0.693. The number of nitrogens with one attached hydrogen (secondary N) is 1. The van der Waals surface area contributed by atoms with Crippen molar-refractivity contribution in [3.05, 3.63) is 60.4 Å². The number of ether oxygens (including phenoxy) is 1. The first-order chi connectivity index (χ1) is 11.6. The molecule has 0 fully saturated rings. The van der Waals surface area contributed by atoms with Gasteiger partial charge in [0.15, 0.2) is 0 Å². The molecule has 3 rings (SSSR count). The van der Waals surface area contributed by atoms with Crippen molar-refractivity contribution in [2.24, 2.45) is 0 Å². The molecule has 0 aliphatic heterocycles. The van der Waals surface area contributed by atoms with Crippen LogP contribution in [0, 0.1) is 0 Å².